The van der Waals surface area contributed by atoms with E-state index in [4.69, 9.17) is 5.11 Å². The Bertz CT molecular complexity index is 568. The Labute approximate surface area is 116 Å². The molecule has 0 spiro atoms. The normalized spacial score (nSPS) is 18.4. The highest BCUT2D eigenvalue weighted by Crippen LogP contribution is 2.32. The Hall–Kier alpha value is -2.18. The van der Waals surface area contributed by atoms with Gasteiger partial charge >= 0.3 is 5.97 Å². The summed E-state index contributed by atoms with van der Waals surface area (Å²) in [5.41, 5.74) is 0.0177. The van der Waals surface area contributed by atoms with Gasteiger partial charge in [-0.3, -0.25) is 19.2 Å². The van der Waals surface area contributed by atoms with E-state index in [0.717, 1.165) is 4.90 Å². The Morgan fingerprint density at radius 1 is 1.35 bits per heavy atom. The van der Waals surface area contributed by atoms with Gasteiger partial charge in [0.05, 0.1) is 18.4 Å². The number of carbonyl (C=O) groups is 3. The number of carboxylic acids is 1. The maximum absolute atomic E-state index is 12.1. The van der Waals surface area contributed by atoms with Crippen molar-refractivity contribution in [3.63, 3.8) is 0 Å². The van der Waals surface area contributed by atoms with Crippen LogP contribution in [0.5, 0.6) is 0 Å². The molecular formula is C13H17N3O4. The van der Waals surface area contributed by atoms with E-state index in [1.165, 1.54) is 10.9 Å². The van der Waals surface area contributed by atoms with E-state index in [1.54, 1.807) is 7.05 Å². The molecule has 7 heteroatoms. The van der Waals surface area contributed by atoms with Crippen LogP contribution in [0.3, 0.4) is 0 Å². The zero-order valence-electron chi connectivity index (χ0n) is 11.7. The molecule has 2 heterocycles. The van der Waals surface area contributed by atoms with E-state index < -0.39 is 5.97 Å². The number of hydrogen-bond acceptors (Lipinski definition) is 4. The largest absolute Gasteiger partial charge is 0.478 e. The number of likely N-dealkylation sites (tertiary alicyclic amines) is 1. The summed E-state index contributed by atoms with van der Waals surface area (Å²) in [6.07, 6.45) is 1.78. The van der Waals surface area contributed by atoms with Crippen LogP contribution in [0.15, 0.2) is 6.20 Å². The van der Waals surface area contributed by atoms with Gasteiger partial charge in [0.15, 0.2) is 0 Å². The molecule has 108 valence electrons. The number of aromatic nitrogens is 2. The van der Waals surface area contributed by atoms with Gasteiger partial charge in [0.1, 0.15) is 5.56 Å². The van der Waals surface area contributed by atoms with Gasteiger partial charge in [-0.2, -0.15) is 5.10 Å². The summed E-state index contributed by atoms with van der Waals surface area (Å²) < 4.78 is 1.38. The number of carbonyl (C=O) groups excluding carboxylic acids is 2. The SMILES string of the molecule is Cn1ncc(C(=O)O)c1CN1C(=O)CC(C)(C)CC1=O. The third-order valence-electron chi connectivity index (χ3n) is 3.46. The van der Waals surface area contributed by atoms with Gasteiger partial charge in [-0.05, 0) is 5.41 Å². The van der Waals surface area contributed by atoms with Crippen molar-refractivity contribution in [3.8, 4) is 0 Å². The van der Waals surface area contributed by atoms with E-state index in [0.29, 0.717) is 5.69 Å². The van der Waals surface area contributed by atoms with Gasteiger partial charge in [0.25, 0.3) is 0 Å². The Balaban J connectivity index is 2.27. The molecular weight excluding hydrogens is 262 g/mol. The Morgan fingerprint density at radius 2 is 1.90 bits per heavy atom. The molecule has 1 fully saturated rings. The number of amides is 2. The molecule has 1 saturated heterocycles. The van der Waals surface area contributed by atoms with Gasteiger partial charge in [-0.1, -0.05) is 13.8 Å². The third kappa shape index (κ3) is 2.56. The third-order valence-corrected chi connectivity index (χ3v) is 3.46. The monoisotopic (exact) mass is 279 g/mol. The summed E-state index contributed by atoms with van der Waals surface area (Å²) in [5, 5.41) is 13.0. The quantitative estimate of drug-likeness (QED) is 0.826. The lowest BCUT2D eigenvalue weighted by Crippen LogP contribution is -2.46. The molecule has 1 aromatic heterocycles. The maximum Gasteiger partial charge on any atom is 0.339 e. The van der Waals surface area contributed by atoms with E-state index in [9.17, 15) is 14.4 Å². The lowest BCUT2D eigenvalue weighted by atomic mass is 9.81. The molecule has 0 unspecified atom stereocenters. The van der Waals surface area contributed by atoms with Crippen LogP contribution in [0.2, 0.25) is 0 Å². The second-order valence-electron chi connectivity index (χ2n) is 5.83. The minimum Gasteiger partial charge on any atom is -0.478 e. The van der Waals surface area contributed by atoms with Crippen LogP contribution < -0.4 is 0 Å². The highest BCUT2D eigenvalue weighted by molar-refractivity contribution is 5.98. The molecule has 0 aliphatic carbocycles. The predicted molar refractivity (Wildman–Crippen MR) is 68.7 cm³/mol. The van der Waals surface area contributed by atoms with Gasteiger partial charge in [-0.25, -0.2) is 4.79 Å². The molecule has 0 radical (unpaired) electrons. The van der Waals surface area contributed by atoms with Gasteiger partial charge in [0, 0.05) is 19.9 Å². The predicted octanol–water partition coefficient (Wildman–Crippen LogP) is 0.793. The van der Waals surface area contributed by atoms with Crippen molar-refractivity contribution in [1.82, 2.24) is 14.7 Å². The Kier molecular flexibility index (Phi) is 3.37. The van der Waals surface area contributed by atoms with E-state index in [2.05, 4.69) is 5.10 Å². The number of aromatic carboxylic acids is 1. The molecule has 1 aromatic rings. The fraction of sp³-hybridized carbons (Fsp3) is 0.538. The first-order valence-corrected chi connectivity index (χ1v) is 6.28. The van der Waals surface area contributed by atoms with Crippen LogP contribution in [-0.2, 0) is 23.2 Å². The first-order valence-electron chi connectivity index (χ1n) is 6.28. The van der Waals surface area contributed by atoms with E-state index in [-0.39, 0.29) is 42.2 Å². The molecule has 1 aliphatic heterocycles. The molecule has 0 aromatic carbocycles. The fourth-order valence-electron chi connectivity index (χ4n) is 2.37. The molecule has 1 N–H and O–H groups in total. The summed E-state index contributed by atoms with van der Waals surface area (Å²) in [6.45, 7) is 3.69. The second-order valence-corrected chi connectivity index (χ2v) is 5.83. The average Bonchev–Trinajstić information content (AvgIpc) is 2.64. The second kappa shape index (κ2) is 4.73. The number of imide groups is 1. The zero-order chi connectivity index (χ0) is 15.1. The van der Waals surface area contributed by atoms with Gasteiger partial charge in [0.2, 0.25) is 11.8 Å². The van der Waals surface area contributed by atoms with Crippen LogP contribution in [0.25, 0.3) is 0 Å². The van der Waals surface area contributed by atoms with Crippen LogP contribution >= 0.6 is 0 Å². The molecule has 2 rings (SSSR count). The molecule has 20 heavy (non-hydrogen) atoms. The molecule has 0 atom stereocenters. The van der Waals surface area contributed by atoms with Crippen LogP contribution in [0, 0.1) is 5.41 Å². The average molecular weight is 279 g/mol. The topological polar surface area (TPSA) is 92.5 Å². The van der Waals surface area contributed by atoms with Crippen LogP contribution in [0.1, 0.15) is 42.7 Å². The van der Waals surface area contributed by atoms with Crippen LogP contribution in [-0.4, -0.2) is 37.6 Å². The minimum atomic E-state index is -1.12. The number of aryl methyl sites for hydroxylation is 1. The molecule has 2 amide bonds. The van der Waals surface area contributed by atoms with Crippen molar-refractivity contribution in [2.75, 3.05) is 0 Å². The lowest BCUT2D eigenvalue weighted by Gasteiger charge is -2.34. The Morgan fingerprint density at radius 3 is 2.40 bits per heavy atom. The summed E-state index contributed by atoms with van der Waals surface area (Å²) in [6, 6.07) is 0. The standard InChI is InChI=1S/C13H17N3O4/c1-13(2)4-10(17)16(11(18)5-13)7-9-8(12(19)20)6-14-15(9)3/h6H,4-5,7H2,1-3H3,(H,19,20). The van der Waals surface area contributed by atoms with Crippen molar-refractivity contribution in [2.45, 2.75) is 33.2 Å². The number of carboxylic acid groups (broad SMARTS) is 1. The van der Waals surface area contributed by atoms with Crippen LogP contribution in [0.4, 0.5) is 0 Å². The smallest absolute Gasteiger partial charge is 0.339 e. The first kappa shape index (κ1) is 14.2. The summed E-state index contributed by atoms with van der Waals surface area (Å²) in [4.78, 5) is 36.4. The van der Waals surface area contributed by atoms with Gasteiger partial charge in [-0.15, -0.1) is 0 Å². The summed E-state index contributed by atoms with van der Waals surface area (Å²) in [5.74, 6) is -1.67. The van der Waals surface area contributed by atoms with Crippen molar-refractivity contribution in [3.05, 3.63) is 17.5 Å². The van der Waals surface area contributed by atoms with Crippen molar-refractivity contribution < 1.29 is 19.5 Å². The van der Waals surface area contributed by atoms with Crippen molar-refractivity contribution in [2.24, 2.45) is 12.5 Å². The van der Waals surface area contributed by atoms with Gasteiger partial charge < -0.3 is 5.11 Å². The van der Waals surface area contributed by atoms with Crippen molar-refractivity contribution in [1.29, 1.82) is 0 Å². The minimum absolute atomic E-state index is 0.0120. The molecule has 1 aliphatic rings. The fourth-order valence-corrected chi connectivity index (χ4v) is 2.37. The van der Waals surface area contributed by atoms with E-state index >= 15 is 0 Å². The highest BCUT2D eigenvalue weighted by atomic mass is 16.4. The summed E-state index contributed by atoms with van der Waals surface area (Å²) >= 11 is 0. The maximum atomic E-state index is 12.1. The summed E-state index contributed by atoms with van der Waals surface area (Å²) in [7, 11) is 1.59. The molecule has 0 bridgehead atoms. The van der Waals surface area contributed by atoms with E-state index in [1.807, 2.05) is 13.8 Å². The number of hydrogen-bond donors (Lipinski definition) is 1. The molecule has 0 saturated carbocycles. The number of nitrogens with zero attached hydrogens (tertiary/aromatic N) is 3. The molecule has 7 nitrogen and oxygen atoms in total. The number of piperidine rings is 1. The first-order chi connectivity index (χ1) is 9.21. The zero-order valence-corrected chi connectivity index (χ0v) is 11.7. The number of rotatable bonds is 3. The highest BCUT2D eigenvalue weighted by Gasteiger charge is 2.38. The lowest BCUT2D eigenvalue weighted by molar-refractivity contribution is -0.153. The van der Waals surface area contributed by atoms with Crippen molar-refractivity contribution >= 4 is 17.8 Å².